The highest BCUT2D eigenvalue weighted by Crippen LogP contribution is 2.32. The fourth-order valence-electron chi connectivity index (χ4n) is 2.78. The van der Waals surface area contributed by atoms with Crippen LogP contribution in [0, 0.1) is 11.8 Å². The van der Waals surface area contributed by atoms with Gasteiger partial charge in [0.1, 0.15) is 0 Å². The Morgan fingerprint density at radius 3 is 2.68 bits per heavy atom. The number of carbonyl (C=O) groups is 1. The average molecular weight is 262 g/mol. The highest BCUT2D eigenvalue weighted by atomic mass is 16.4. The van der Waals surface area contributed by atoms with Gasteiger partial charge in [0.05, 0.1) is 16.9 Å². The van der Waals surface area contributed by atoms with Crippen LogP contribution < -0.4 is 11.1 Å². The Labute approximate surface area is 114 Å². The molecule has 1 aliphatic rings. The molecule has 104 valence electrons. The van der Waals surface area contributed by atoms with E-state index < -0.39 is 5.97 Å². The Kier molecular flexibility index (Phi) is 3.98. The van der Waals surface area contributed by atoms with Crippen molar-refractivity contribution in [2.75, 3.05) is 11.1 Å². The highest BCUT2D eigenvalue weighted by Gasteiger charge is 2.25. The number of nitrogens with two attached hydrogens (primary N) is 1. The van der Waals surface area contributed by atoms with Crippen molar-refractivity contribution >= 4 is 17.3 Å². The summed E-state index contributed by atoms with van der Waals surface area (Å²) in [7, 11) is 0. The van der Waals surface area contributed by atoms with E-state index in [0.717, 1.165) is 24.4 Å². The number of para-hydroxylation sites is 1. The molecule has 0 bridgehead atoms. The molecule has 0 aliphatic heterocycles. The number of nitrogens with one attached hydrogen (secondary N) is 1. The lowest BCUT2D eigenvalue weighted by molar-refractivity contribution is 0.0698. The molecule has 0 heterocycles. The molecule has 1 aromatic rings. The van der Waals surface area contributed by atoms with Crippen LogP contribution in [-0.2, 0) is 0 Å². The molecule has 4 N–H and O–H groups in total. The maximum absolute atomic E-state index is 11.1. The third kappa shape index (κ3) is 3.00. The minimum Gasteiger partial charge on any atom is -0.478 e. The van der Waals surface area contributed by atoms with Gasteiger partial charge >= 0.3 is 5.97 Å². The standard InChI is InChI=1S/C15H22N2O2/c1-9-6-7-11(8-10(9)2)17-13-5-3-4-12(14(13)16)15(18)19/h3-5,9-11,17H,6-8,16H2,1-2H3,(H,18,19). The van der Waals surface area contributed by atoms with Crippen LogP contribution in [0.15, 0.2) is 18.2 Å². The molecule has 4 nitrogen and oxygen atoms in total. The van der Waals surface area contributed by atoms with E-state index in [1.165, 1.54) is 12.5 Å². The first-order chi connectivity index (χ1) is 8.99. The summed E-state index contributed by atoms with van der Waals surface area (Å²) in [5.74, 6) is 0.475. The summed E-state index contributed by atoms with van der Waals surface area (Å²) in [6.45, 7) is 4.57. The van der Waals surface area contributed by atoms with Gasteiger partial charge in [0.2, 0.25) is 0 Å². The first kappa shape index (κ1) is 13.7. The normalized spacial score (nSPS) is 26.9. The minimum atomic E-state index is -0.980. The number of hydrogen-bond acceptors (Lipinski definition) is 3. The van der Waals surface area contributed by atoms with Crippen LogP contribution >= 0.6 is 0 Å². The second kappa shape index (κ2) is 5.51. The molecule has 19 heavy (non-hydrogen) atoms. The van der Waals surface area contributed by atoms with Crippen molar-refractivity contribution in [3.63, 3.8) is 0 Å². The Hall–Kier alpha value is -1.71. The predicted octanol–water partition coefficient (Wildman–Crippen LogP) is 3.20. The number of rotatable bonds is 3. The number of aromatic carboxylic acids is 1. The predicted molar refractivity (Wildman–Crippen MR) is 77.4 cm³/mol. The maximum atomic E-state index is 11.1. The van der Waals surface area contributed by atoms with Crippen molar-refractivity contribution in [2.24, 2.45) is 11.8 Å². The van der Waals surface area contributed by atoms with Gasteiger partial charge in [-0.25, -0.2) is 4.79 Å². The van der Waals surface area contributed by atoms with E-state index in [2.05, 4.69) is 19.2 Å². The average Bonchev–Trinajstić information content (AvgIpc) is 2.36. The summed E-state index contributed by atoms with van der Waals surface area (Å²) < 4.78 is 0. The number of hydrogen-bond donors (Lipinski definition) is 3. The van der Waals surface area contributed by atoms with E-state index in [0.29, 0.717) is 17.6 Å². The third-order valence-corrected chi connectivity index (χ3v) is 4.29. The van der Waals surface area contributed by atoms with E-state index in [9.17, 15) is 4.79 Å². The van der Waals surface area contributed by atoms with Crippen LogP contribution in [0.25, 0.3) is 0 Å². The molecule has 0 spiro atoms. The monoisotopic (exact) mass is 262 g/mol. The first-order valence-corrected chi connectivity index (χ1v) is 6.87. The Morgan fingerprint density at radius 1 is 1.32 bits per heavy atom. The molecule has 0 aromatic heterocycles. The lowest BCUT2D eigenvalue weighted by atomic mass is 9.79. The fraction of sp³-hybridized carbons (Fsp3) is 0.533. The van der Waals surface area contributed by atoms with Gasteiger partial charge in [0.15, 0.2) is 0 Å². The second-order valence-corrected chi connectivity index (χ2v) is 5.68. The SMILES string of the molecule is CC1CCC(Nc2cccc(C(=O)O)c2N)CC1C. The molecule has 0 saturated heterocycles. The minimum absolute atomic E-state index is 0.169. The van der Waals surface area contributed by atoms with Gasteiger partial charge in [-0.15, -0.1) is 0 Å². The summed E-state index contributed by atoms with van der Waals surface area (Å²) in [5.41, 5.74) is 7.17. The number of carboxylic acid groups (broad SMARTS) is 1. The van der Waals surface area contributed by atoms with Gasteiger partial charge in [-0.1, -0.05) is 19.9 Å². The van der Waals surface area contributed by atoms with Gasteiger partial charge < -0.3 is 16.2 Å². The summed E-state index contributed by atoms with van der Waals surface area (Å²) in [6, 6.07) is 5.51. The molecule has 1 fully saturated rings. The van der Waals surface area contributed by atoms with Gasteiger partial charge in [0, 0.05) is 6.04 Å². The molecule has 2 rings (SSSR count). The second-order valence-electron chi connectivity index (χ2n) is 5.68. The lowest BCUT2D eigenvalue weighted by Crippen LogP contribution is -2.30. The van der Waals surface area contributed by atoms with Gasteiger partial charge in [0.25, 0.3) is 0 Å². The van der Waals surface area contributed by atoms with Crippen molar-refractivity contribution < 1.29 is 9.90 Å². The molecule has 1 aromatic carbocycles. The van der Waals surface area contributed by atoms with Gasteiger partial charge in [-0.05, 0) is 43.2 Å². The summed E-state index contributed by atoms with van der Waals surface area (Å²) in [5, 5.41) is 12.5. The van der Waals surface area contributed by atoms with Gasteiger partial charge in [-0.3, -0.25) is 0 Å². The van der Waals surface area contributed by atoms with Crippen LogP contribution in [0.2, 0.25) is 0 Å². The maximum Gasteiger partial charge on any atom is 0.337 e. The van der Waals surface area contributed by atoms with E-state index in [4.69, 9.17) is 10.8 Å². The number of nitrogen functional groups attached to an aromatic ring is 1. The molecule has 0 amide bonds. The first-order valence-electron chi connectivity index (χ1n) is 6.87. The van der Waals surface area contributed by atoms with Crippen LogP contribution in [0.5, 0.6) is 0 Å². The summed E-state index contributed by atoms with van der Waals surface area (Å²) in [4.78, 5) is 11.1. The molecular formula is C15H22N2O2. The number of carboxylic acids is 1. The highest BCUT2D eigenvalue weighted by molar-refractivity contribution is 5.97. The molecule has 0 radical (unpaired) electrons. The van der Waals surface area contributed by atoms with Crippen LogP contribution in [0.4, 0.5) is 11.4 Å². The van der Waals surface area contributed by atoms with E-state index >= 15 is 0 Å². The largest absolute Gasteiger partial charge is 0.478 e. The third-order valence-electron chi connectivity index (χ3n) is 4.29. The number of benzene rings is 1. The molecular weight excluding hydrogens is 240 g/mol. The van der Waals surface area contributed by atoms with Crippen molar-refractivity contribution in [2.45, 2.75) is 39.2 Å². The van der Waals surface area contributed by atoms with Crippen molar-refractivity contribution in [1.29, 1.82) is 0 Å². The Bertz CT molecular complexity index is 473. The zero-order valence-electron chi connectivity index (χ0n) is 11.5. The van der Waals surface area contributed by atoms with Crippen molar-refractivity contribution in [3.05, 3.63) is 23.8 Å². The number of anilines is 2. The molecule has 3 unspecified atom stereocenters. The topological polar surface area (TPSA) is 75.3 Å². The van der Waals surface area contributed by atoms with Crippen LogP contribution in [0.1, 0.15) is 43.5 Å². The van der Waals surface area contributed by atoms with Crippen LogP contribution in [0.3, 0.4) is 0 Å². The Balaban J connectivity index is 2.11. The zero-order chi connectivity index (χ0) is 14.0. The summed E-state index contributed by atoms with van der Waals surface area (Å²) in [6.07, 6.45) is 3.43. The van der Waals surface area contributed by atoms with Gasteiger partial charge in [-0.2, -0.15) is 0 Å². The molecule has 1 aliphatic carbocycles. The smallest absolute Gasteiger partial charge is 0.337 e. The van der Waals surface area contributed by atoms with E-state index in [-0.39, 0.29) is 5.56 Å². The van der Waals surface area contributed by atoms with Crippen LogP contribution in [-0.4, -0.2) is 17.1 Å². The molecule has 1 saturated carbocycles. The van der Waals surface area contributed by atoms with Crippen molar-refractivity contribution in [1.82, 2.24) is 0 Å². The quantitative estimate of drug-likeness (QED) is 0.731. The fourth-order valence-corrected chi connectivity index (χ4v) is 2.78. The zero-order valence-corrected chi connectivity index (χ0v) is 11.5. The van der Waals surface area contributed by atoms with Crippen molar-refractivity contribution in [3.8, 4) is 0 Å². The molecule has 3 atom stereocenters. The van der Waals surface area contributed by atoms with E-state index in [1.54, 1.807) is 6.07 Å². The summed E-state index contributed by atoms with van der Waals surface area (Å²) >= 11 is 0. The molecule has 4 heteroatoms. The van der Waals surface area contributed by atoms with E-state index in [1.807, 2.05) is 6.07 Å². The Morgan fingerprint density at radius 2 is 2.05 bits per heavy atom. The lowest BCUT2D eigenvalue weighted by Gasteiger charge is -2.33.